The molecule has 5 nitrogen and oxygen atoms in total. The Morgan fingerprint density at radius 3 is 2.27 bits per heavy atom. The van der Waals surface area contributed by atoms with Crippen LogP contribution in [0.25, 0.3) is 23.0 Å². The Hall–Kier alpha value is -3.32. The Kier molecular flexibility index (Phi) is 6.05. The average molecular weight is 491 g/mol. The lowest BCUT2D eigenvalue weighted by molar-refractivity contribution is 0.265. The van der Waals surface area contributed by atoms with Crippen LogP contribution >= 0.6 is 35.0 Å². The van der Waals surface area contributed by atoms with Gasteiger partial charge in [-0.3, -0.25) is 4.79 Å². The highest BCUT2D eigenvalue weighted by Crippen LogP contribution is 2.32. The maximum atomic E-state index is 12.2. The topological polar surface area (TPSA) is 59.3 Å². The van der Waals surface area contributed by atoms with Crippen LogP contribution in [0.4, 0.5) is 10.5 Å². The monoisotopic (exact) mass is 490 g/mol. The van der Waals surface area contributed by atoms with E-state index in [0.29, 0.717) is 26.5 Å². The molecule has 1 N–H and O–H groups in total. The van der Waals surface area contributed by atoms with Crippen LogP contribution < -0.4 is 5.32 Å². The lowest BCUT2D eigenvalue weighted by Gasteiger charge is -2.02. The number of aromatic nitrogens is 2. The Morgan fingerprint density at radius 2 is 1.58 bits per heavy atom. The van der Waals surface area contributed by atoms with Gasteiger partial charge in [-0.2, -0.15) is 5.10 Å². The maximum Gasteiger partial charge on any atom is 0.289 e. The van der Waals surface area contributed by atoms with Gasteiger partial charge in [0.1, 0.15) is 5.84 Å². The minimum Gasteiger partial charge on any atom is -0.300 e. The standard InChI is InChI=1S/C25H16Cl2N4OS/c26-18-8-6-16(7-9-18)23-17(15-31(30-23)21-4-2-1-3-5-21)14-22-24(29-25(32)33-22)28-20-12-10-19(27)11-13-20/h1-15H,(H,28,29,32). The molecule has 1 aromatic heterocycles. The van der Waals surface area contributed by atoms with Gasteiger partial charge in [0, 0.05) is 27.4 Å². The highest BCUT2D eigenvalue weighted by Gasteiger charge is 2.25. The Bertz CT molecular complexity index is 1380. The molecule has 2 heterocycles. The number of benzene rings is 3. The summed E-state index contributed by atoms with van der Waals surface area (Å²) in [5.74, 6) is 0.488. The number of nitrogens with one attached hydrogen (secondary N) is 1. The van der Waals surface area contributed by atoms with E-state index in [1.54, 1.807) is 24.3 Å². The summed E-state index contributed by atoms with van der Waals surface area (Å²) in [6.07, 6.45) is 3.86. The minimum atomic E-state index is -0.183. The van der Waals surface area contributed by atoms with Crippen LogP contribution in [0, 0.1) is 0 Å². The van der Waals surface area contributed by atoms with Crippen molar-refractivity contribution in [2.75, 3.05) is 0 Å². The molecule has 0 saturated carbocycles. The summed E-state index contributed by atoms with van der Waals surface area (Å²) in [7, 11) is 0. The van der Waals surface area contributed by atoms with Gasteiger partial charge in [-0.25, -0.2) is 9.67 Å². The number of carbonyl (C=O) groups excluding carboxylic acids is 1. The molecular weight excluding hydrogens is 475 g/mol. The maximum absolute atomic E-state index is 12.2. The molecule has 1 aliphatic heterocycles. The quantitative estimate of drug-likeness (QED) is 0.324. The van der Waals surface area contributed by atoms with E-state index in [9.17, 15) is 4.79 Å². The van der Waals surface area contributed by atoms with Crippen LogP contribution in [-0.2, 0) is 0 Å². The van der Waals surface area contributed by atoms with Gasteiger partial charge >= 0.3 is 0 Å². The molecular formula is C25H16Cl2N4OS. The normalized spacial score (nSPS) is 15.9. The molecule has 0 spiro atoms. The van der Waals surface area contributed by atoms with E-state index in [4.69, 9.17) is 28.3 Å². The van der Waals surface area contributed by atoms with Crippen LogP contribution in [0.2, 0.25) is 10.0 Å². The molecule has 0 aliphatic carbocycles. The fourth-order valence-electron chi connectivity index (χ4n) is 3.34. The lowest BCUT2D eigenvalue weighted by atomic mass is 10.1. The van der Waals surface area contributed by atoms with E-state index < -0.39 is 0 Å². The first-order valence-corrected chi connectivity index (χ1v) is 11.6. The number of aliphatic imine (C=N–C) groups is 1. The van der Waals surface area contributed by atoms with Gasteiger partial charge in [0.25, 0.3) is 5.24 Å². The summed E-state index contributed by atoms with van der Waals surface area (Å²) < 4.78 is 1.82. The molecule has 0 bridgehead atoms. The van der Waals surface area contributed by atoms with E-state index in [0.717, 1.165) is 34.3 Å². The van der Waals surface area contributed by atoms with Gasteiger partial charge < -0.3 is 5.32 Å². The zero-order valence-corrected chi connectivity index (χ0v) is 19.4. The second-order valence-electron chi connectivity index (χ2n) is 7.18. The van der Waals surface area contributed by atoms with Crippen molar-refractivity contribution in [2.45, 2.75) is 0 Å². The molecule has 162 valence electrons. The van der Waals surface area contributed by atoms with E-state index in [1.807, 2.05) is 71.6 Å². The number of carbonyl (C=O) groups is 1. The third-order valence-corrected chi connectivity index (χ3v) is 6.21. The van der Waals surface area contributed by atoms with Crippen LogP contribution in [0.3, 0.4) is 0 Å². The summed E-state index contributed by atoms with van der Waals surface area (Å²) >= 11 is 13.2. The predicted octanol–water partition coefficient (Wildman–Crippen LogP) is 7.37. The van der Waals surface area contributed by atoms with Gasteiger partial charge in [-0.15, -0.1) is 0 Å². The smallest absolute Gasteiger partial charge is 0.289 e. The van der Waals surface area contributed by atoms with E-state index >= 15 is 0 Å². The number of hydrogen-bond acceptors (Lipinski definition) is 4. The summed E-state index contributed by atoms with van der Waals surface area (Å²) in [6, 6.07) is 24.5. The van der Waals surface area contributed by atoms with Gasteiger partial charge in [-0.05, 0) is 66.4 Å². The molecule has 0 unspecified atom stereocenters. The number of amides is 1. The molecule has 1 aliphatic rings. The van der Waals surface area contributed by atoms with Gasteiger partial charge in [0.15, 0.2) is 0 Å². The summed E-state index contributed by atoms with van der Waals surface area (Å²) in [4.78, 5) is 17.5. The molecule has 33 heavy (non-hydrogen) atoms. The van der Waals surface area contributed by atoms with E-state index in [-0.39, 0.29) is 5.24 Å². The minimum absolute atomic E-state index is 0.183. The Balaban J connectivity index is 1.60. The molecule has 3 aromatic carbocycles. The third kappa shape index (κ3) is 4.88. The van der Waals surface area contributed by atoms with E-state index in [2.05, 4.69) is 10.3 Å². The van der Waals surface area contributed by atoms with Crippen molar-refractivity contribution >= 4 is 57.8 Å². The van der Waals surface area contributed by atoms with Crippen LogP contribution in [-0.4, -0.2) is 20.9 Å². The average Bonchev–Trinajstić information content (AvgIpc) is 3.40. The first-order chi connectivity index (χ1) is 16.0. The Labute approximate surface area is 204 Å². The summed E-state index contributed by atoms with van der Waals surface area (Å²) in [5, 5.41) is 8.74. The van der Waals surface area contributed by atoms with Crippen LogP contribution in [0.5, 0.6) is 0 Å². The zero-order chi connectivity index (χ0) is 22.8. The molecule has 8 heteroatoms. The molecule has 1 fully saturated rings. The van der Waals surface area contributed by atoms with Gasteiger partial charge in [0.2, 0.25) is 0 Å². The second kappa shape index (κ2) is 9.27. The lowest BCUT2D eigenvalue weighted by Crippen LogP contribution is -2.18. The van der Waals surface area contributed by atoms with Crippen molar-refractivity contribution < 1.29 is 4.79 Å². The van der Waals surface area contributed by atoms with Crippen molar-refractivity contribution in [1.29, 1.82) is 0 Å². The number of nitrogens with zero attached hydrogens (tertiary/aromatic N) is 3. The molecule has 5 rings (SSSR count). The molecule has 1 saturated heterocycles. The summed E-state index contributed by atoms with van der Waals surface area (Å²) in [5.41, 5.74) is 4.17. The number of hydrogen-bond donors (Lipinski definition) is 1. The highest BCUT2D eigenvalue weighted by molar-refractivity contribution is 8.18. The number of halogens is 2. The first kappa shape index (κ1) is 21.5. The van der Waals surface area contributed by atoms with Crippen LogP contribution in [0.1, 0.15) is 5.56 Å². The number of amidine groups is 1. The fourth-order valence-corrected chi connectivity index (χ4v) is 4.32. The predicted molar refractivity (Wildman–Crippen MR) is 137 cm³/mol. The van der Waals surface area contributed by atoms with Gasteiger partial charge in [-0.1, -0.05) is 53.5 Å². The molecule has 0 atom stereocenters. The SMILES string of the molecule is O=C1NC(=Nc2ccc(Cl)cc2)C(=Cc2cn(-c3ccccc3)nc2-c2ccc(Cl)cc2)S1. The number of rotatable bonds is 4. The zero-order valence-electron chi connectivity index (χ0n) is 17.1. The third-order valence-electron chi connectivity index (χ3n) is 4.89. The van der Waals surface area contributed by atoms with Crippen molar-refractivity contribution in [2.24, 2.45) is 4.99 Å². The molecule has 0 radical (unpaired) electrons. The largest absolute Gasteiger partial charge is 0.300 e. The van der Waals surface area contributed by atoms with Crippen molar-refractivity contribution in [3.63, 3.8) is 0 Å². The van der Waals surface area contributed by atoms with Crippen LogP contribution in [0.15, 0.2) is 95.0 Å². The summed E-state index contributed by atoms with van der Waals surface area (Å²) in [6.45, 7) is 0. The highest BCUT2D eigenvalue weighted by atomic mass is 35.5. The number of para-hydroxylation sites is 1. The fraction of sp³-hybridized carbons (Fsp3) is 0. The Morgan fingerprint density at radius 1 is 0.909 bits per heavy atom. The van der Waals surface area contributed by atoms with Crippen molar-refractivity contribution in [1.82, 2.24) is 15.1 Å². The molecule has 1 amide bonds. The molecule has 4 aromatic rings. The van der Waals surface area contributed by atoms with Crippen molar-refractivity contribution in [3.8, 4) is 16.9 Å². The van der Waals surface area contributed by atoms with Gasteiger partial charge in [0.05, 0.1) is 22.0 Å². The van der Waals surface area contributed by atoms with E-state index in [1.165, 1.54) is 0 Å². The first-order valence-electron chi connectivity index (χ1n) is 10.0. The van der Waals surface area contributed by atoms with Crippen molar-refractivity contribution in [3.05, 3.63) is 106 Å². The number of thioether (sulfide) groups is 1. The second-order valence-corrected chi connectivity index (χ2v) is 9.07.